The van der Waals surface area contributed by atoms with E-state index in [-0.39, 0.29) is 5.91 Å². The Balaban J connectivity index is 1.94. The minimum Gasteiger partial charge on any atom is -0.378 e. The topological polar surface area (TPSA) is 73.4 Å². The van der Waals surface area contributed by atoms with Crippen molar-refractivity contribution in [2.24, 2.45) is 5.10 Å². The van der Waals surface area contributed by atoms with Crippen molar-refractivity contribution in [3.63, 3.8) is 0 Å². The van der Waals surface area contributed by atoms with E-state index >= 15 is 0 Å². The fourth-order valence-corrected chi connectivity index (χ4v) is 1.47. The molecule has 1 amide bonds. The molecule has 6 nitrogen and oxygen atoms in total. The van der Waals surface area contributed by atoms with Gasteiger partial charge in [-0.25, -0.2) is 5.43 Å². The first kappa shape index (κ1) is 12.8. The van der Waals surface area contributed by atoms with E-state index in [4.69, 9.17) is 0 Å². The predicted octanol–water partition coefficient (Wildman–Crippen LogP) is 1.24. The maximum atomic E-state index is 11.5. The third-order valence-corrected chi connectivity index (χ3v) is 2.53. The summed E-state index contributed by atoms with van der Waals surface area (Å²) in [5.74, 6) is -0.321. The highest BCUT2D eigenvalue weighted by molar-refractivity contribution is 5.92. The van der Waals surface area contributed by atoms with Crippen molar-refractivity contribution in [2.45, 2.75) is 0 Å². The van der Waals surface area contributed by atoms with Crippen molar-refractivity contribution in [1.82, 2.24) is 15.6 Å². The molecule has 2 rings (SSSR count). The number of carbonyl (C=O) groups excluding carboxylic acids is 1. The van der Waals surface area contributed by atoms with Crippen LogP contribution < -0.4 is 10.3 Å². The van der Waals surface area contributed by atoms with Gasteiger partial charge in [0.05, 0.1) is 6.21 Å². The number of amides is 1. The van der Waals surface area contributed by atoms with Gasteiger partial charge in [-0.3, -0.25) is 9.89 Å². The number of anilines is 1. The minimum absolute atomic E-state index is 0.321. The summed E-state index contributed by atoms with van der Waals surface area (Å²) in [6, 6.07) is 9.41. The van der Waals surface area contributed by atoms with Crippen molar-refractivity contribution in [3.05, 3.63) is 47.8 Å². The predicted molar refractivity (Wildman–Crippen MR) is 74.4 cm³/mol. The van der Waals surface area contributed by atoms with Crippen LogP contribution in [-0.2, 0) is 0 Å². The molecule has 0 saturated carbocycles. The van der Waals surface area contributed by atoms with Crippen LogP contribution in [0, 0.1) is 0 Å². The number of rotatable bonds is 4. The van der Waals surface area contributed by atoms with Crippen LogP contribution in [0.2, 0.25) is 0 Å². The van der Waals surface area contributed by atoms with Crippen LogP contribution in [0.5, 0.6) is 0 Å². The Morgan fingerprint density at radius 2 is 2.05 bits per heavy atom. The molecule has 0 atom stereocenters. The largest absolute Gasteiger partial charge is 0.378 e. The van der Waals surface area contributed by atoms with Gasteiger partial charge in [0.1, 0.15) is 5.69 Å². The number of carbonyl (C=O) groups is 1. The van der Waals surface area contributed by atoms with Crippen molar-refractivity contribution >= 4 is 17.8 Å². The fraction of sp³-hybridized carbons (Fsp3) is 0.154. The molecule has 19 heavy (non-hydrogen) atoms. The molecule has 0 saturated heterocycles. The van der Waals surface area contributed by atoms with E-state index in [0.717, 1.165) is 11.3 Å². The summed E-state index contributed by atoms with van der Waals surface area (Å²) in [7, 11) is 3.96. The summed E-state index contributed by atoms with van der Waals surface area (Å²) in [5.41, 5.74) is 4.82. The van der Waals surface area contributed by atoms with E-state index in [1.54, 1.807) is 12.3 Å². The van der Waals surface area contributed by atoms with E-state index in [2.05, 4.69) is 20.7 Å². The number of hydrogen-bond donors (Lipinski definition) is 2. The molecule has 1 heterocycles. The van der Waals surface area contributed by atoms with Gasteiger partial charge in [0.25, 0.3) is 5.91 Å². The molecular weight excluding hydrogens is 242 g/mol. The molecule has 6 heteroatoms. The molecule has 0 fully saturated rings. The quantitative estimate of drug-likeness (QED) is 0.639. The van der Waals surface area contributed by atoms with Crippen molar-refractivity contribution in [1.29, 1.82) is 0 Å². The molecule has 0 spiro atoms. The van der Waals surface area contributed by atoms with Crippen LogP contribution >= 0.6 is 0 Å². The van der Waals surface area contributed by atoms with E-state index in [1.807, 2.05) is 43.3 Å². The Kier molecular flexibility index (Phi) is 3.92. The summed E-state index contributed by atoms with van der Waals surface area (Å²) in [6.45, 7) is 0. The zero-order valence-electron chi connectivity index (χ0n) is 10.8. The van der Waals surface area contributed by atoms with Crippen molar-refractivity contribution in [2.75, 3.05) is 19.0 Å². The summed E-state index contributed by atoms with van der Waals surface area (Å²) in [4.78, 5) is 13.6. The molecule has 1 aromatic heterocycles. The summed E-state index contributed by atoms with van der Waals surface area (Å²) < 4.78 is 0. The average molecular weight is 257 g/mol. The molecule has 0 aliphatic heterocycles. The smallest absolute Gasteiger partial charge is 0.289 e. The van der Waals surface area contributed by atoms with Gasteiger partial charge in [-0.2, -0.15) is 10.2 Å². The number of nitrogens with one attached hydrogen (secondary N) is 2. The Morgan fingerprint density at radius 3 is 2.63 bits per heavy atom. The van der Waals surface area contributed by atoms with Gasteiger partial charge in [-0.05, 0) is 23.8 Å². The molecule has 0 aliphatic rings. The summed E-state index contributed by atoms with van der Waals surface area (Å²) >= 11 is 0. The van der Waals surface area contributed by atoms with Gasteiger partial charge >= 0.3 is 0 Å². The van der Waals surface area contributed by atoms with Gasteiger partial charge < -0.3 is 4.90 Å². The van der Waals surface area contributed by atoms with E-state index < -0.39 is 0 Å². The zero-order chi connectivity index (χ0) is 13.7. The number of H-pyrrole nitrogens is 1. The van der Waals surface area contributed by atoms with Crippen LogP contribution in [0.1, 0.15) is 16.1 Å². The third kappa shape index (κ3) is 3.41. The third-order valence-electron chi connectivity index (χ3n) is 2.53. The number of hydrazone groups is 1. The normalized spacial score (nSPS) is 10.6. The number of benzene rings is 1. The second-order valence-electron chi connectivity index (χ2n) is 4.16. The number of aromatic nitrogens is 2. The Morgan fingerprint density at radius 1 is 1.32 bits per heavy atom. The molecule has 0 radical (unpaired) electrons. The van der Waals surface area contributed by atoms with Crippen molar-refractivity contribution in [3.8, 4) is 0 Å². The highest BCUT2D eigenvalue weighted by Gasteiger charge is 2.03. The van der Waals surface area contributed by atoms with E-state index in [9.17, 15) is 4.79 Å². The maximum Gasteiger partial charge on any atom is 0.289 e. The van der Waals surface area contributed by atoms with Crippen LogP contribution in [-0.4, -0.2) is 36.4 Å². The zero-order valence-corrected chi connectivity index (χ0v) is 10.8. The highest BCUT2D eigenvalue weighted by atomic mass is 16.2. The number of hydrogen-bond acceptors (Lipinski definition) is 4. The lowest BCUT2D eigenvalue weighted by atomic mass is 10.2. The molecule has 2 aromatic rings. The molecule has 0 aliphatic carbocycles. The second-order valence-corrected chi connectivity index (χ2v) is 4.16. The molecule has 0 unspecified atom stereocenters. The Bertz CT molecular complexity index is 557. The van der Waals surface area contributed by atoms with Crippen LogP contribution in [0.25, 0.3) is 0 Å². The van der Waals surface area contributed by atoms with Gasteiger partial charge in [-0.15, -0.1) is 0 Å². The monoisotopic (exact) mass is 257 g/mol. The second kappa shape index (κ2) is 5.81. The highest BCUT2D eigenvalue weighted by Crippen LogP contribution is 2.10. The van der Waals surface area contributed by atoms with E-state index in [1.165, 1.54) is 6.20 Å². The van der Waals surface area contributed by atoms with Gasteiger partial charge in [0.2, 0.25) is 0 Å². The first-order valence-electron chi connectivity index (χ1n) is 5.77. The lowest BCUT2D eigenvalue weighted by Crippen LogP contribution is -2.18. The lowest BCUT2D eigenvalue weighted by molar-refractivity contribution is 0.0950. The maximum absolute atomic E-state index is 11.5. The lowest BCUT2D eigenvalue weighted by Gasteiger charge is -2.11. The van der Waals surface area contributed by atoms with Gasteiger partial charge in [0, 0.05) is 26.0 Å². The fourth-order valence-electron chi connectivity index (χ4n) is 1.47. The van der Waals surface area contributed by atoms with Crippen LogP contribution in [0.3, 0.4) is 0 Å². The Hall–Kier alpha value is -2.63. The number of aromatic amines is 1. The molecule has 1 aromatic carbocycles. The average Bonchev–Trinajstić information content (AvgIpc) is 2.93. The standard InChI is InChI=1S/C13H15N5O/c1-18(2)11-5-3-10(4-6-11)9-15-17-13(19)12-7-8-14-16-12/h3-9H,1-2H3,(H,14,16)(H,17,19). The number of nitrogens with zero attached hydrogens (tertiary/aromatic N) is 3. The van der Waals surface area contributed by atoms with Gasteiger partial charge in [0.15, 0.2) is 0 Å². The molecule has 98 valence electrons. The summed E-state index contributed by atoms with van der Waals surface area (Å²) in [6.07, 6.45) is 3.10. The van der Waals surface area contributed by atoms with Crippen LogP contribution in [0.4, 0.5) is 5.69 Å². The first-order chi connectivity index (χ1) is 9.16. The summed E-state index contributed by atoms with van der Waals surface area (Å²) in [5, 5.41) is 10.1. The molecular formula is C13H15N5O. The SMILES string of the molecule is CN(C)c1ccc(C=NNC(=O)c2ccn[nH]2)cc1. The molecule has 0 bridgehead atoms. The van der Waals surface area contributed by atoms with Gasteiger partial charge in [-0.1, -0.05) is 12.1 Å². The first-order valence-corrected chi connectivity index (χ1v) is 5.77. The Labute approximate surface area is 111 Å². The van der Waals surface area contributed by atoms with Crippen LogP contribution in [0.15, 0.2) is 41.6 Å². The minimum atomic E-state index is -0.321. The molecule has 2 N–H and O–H groups in total. The van der Waals surface area contributed by atoms with E-state index in [0.29, 0.717) is 5.69 Å². The van der Waals surface area contributed by atoms with Crippen molar-refractivity contribution < 1.29 is 4.79 Å².